The van der Waals surface area contributed by atoms with E-state index in [0.717, 1.165) is 18.9 Å². The van der Waals surface area contributed by atoms with Crippen molar-refractivity contribution < 1.29 is 23.4 Å². The zero-order chi connectivity index (χ0) is 19.1. The normalized spacial score (nSPS) is 18.8. The Morgan fingerprint density at radius 1 is 1.31 bits per heavy atom. The molecule has 0 spiro atoms. The van der Waals surface area contributed by atoms with Crippen molar-refractivity contribution in [2.24, 2.45) is 0 Å². The number of hydrogen-bond donors (Lipinski definition) is 2. The number of amides is 1. The quantitative estimate of drug-likeness (QED) is 0.876. The van der Waals surface area contributed by atoms with Crippen molar-refractivity contribution in [1.29, 1.82) is 0 Å². The maximum absolute atomic E-state index is 12.4. The molecule has 1 aromatic heterocycles. The van der Waals surface area contributed by atoms with E-state index in [1.165, 1.54) is 25.3 Å². The second kappa shape index (κ2) is 9.35. The Morgan fingerprint density at radius 2 is 2.08 bits per heavy atom. The van der Waals surface area contributed by atoms with Crippen LogP contribution in [0, 0.1) is 18.6 Å². The summed E-state index contributed by atoms with van der Waals surface area (Å²) in [7, 11) is 0. The van der Waals surface area contributed by atoms with Crippen molar-refractivity contribution in [3.63, 3.8) is 0 Å². The van der Waals surface area contributed by atoms with Gasteiger partial charge in [0.15, 0.2) is 11.6 Å². The minimum atomic E-state index is -0.782. The zero-order valence-corrected chi connectivity index (χ0v) is 14.7. The van der Waals surface area contributed by atoms with Crippen molar-refractivity contribution in [2.75, 3.05) is 5.32 Å². The van der Waals surface area contributed by atoms with Gasteiger partial charge in [0.2, 0.25) is 0 Å². The lowest BCUT2D eigenvalue weighted by molar-refractivity contribution is -0.126. The second-order valence-corrected chi connectivity index (χ2v) is 6.07. The van der Waals surface area contributed by atoms with Crippen LogP contribution in [0.2, 0.25) is 0 Å². The average Bonchev–Trinajstić information content (AvgIpc) is 3.07. The zero-order valence-electron chi connectivity index (χ0n) is 14.7. The minimum Gasteiger partial charge on any atom is -0.390 e. The number of rotatable bonds is 3. The van der Waals surface area contributed by atoms with E-state index in [0.29, 0.717) is 16.9 Å². The second-order valence-electron chi connectivity index (χ2n) is 6.07. The molecule has 1 saturated heterocycles. The molecule has 0 saturated carbocycles. The van der Waals surface area contributed by atoms with Crippen LogP contribution in [0.5, 0.6) is 0 Å². The molecule has 2 atom stereocenters. The molecular formula is C19H22F2N2O3. The molecule has 2 heterocycles. The third-order valence-corrected chi connectivity index (χ3v) is 3.92. The van der Waals surface area contributed by atoms with Crippen LogP contribution in [0.15, 0.2) is 36.5 Å². The molecule has 0 aliphatic carbocycles. The summed E-state index contributed by atoms with van der Waals surface area (Å²) in [4.78, 5) is 15.8. The highest BCUT2D eigenvalue weighted by Gasteiger charge is 2.28. The molecule has 3 rings (SSSR count). The predicted octanol–water partition coefficient (Wildman–Crippen LogP) is 3.35. The van der Waals surface area contributed by atoms with Gasteiger partial charge in [-0.05, 0) is 50.5 Å². The summed E-state index contributed by atoms with van der Waals surface area (Å²) in [5, 5.41) is 11.6. The fraction of sp³-hybridized carbons (Fsp3) is 0.368. The molecule has 1 amide bonds. The van der Waals surface area contributed by atoms with E-state index >= 15 is 0 Å². The third kappa shape index (κ3) is 5.57. The van der Waals surface area contributed by atoms with Gasteiger partial charge in [-0.15, -0.1) is 0 Å². The number of aryl methyl sites for hydroxylation is 1. The van der Waals surface area contributed by atoms with Crippen LogP contribution in [0.25, 0.3) is 0 Å². The van der Waals surface area contributed by atoms with Crippen molar-refractivity contribution in [1.82, 2.24) is 4.98 Å². The predicted molar refractivity (Wildman–Crippen MR) is 93.5 cm³/mol. The molecule has 7 heteroatoms. The van der Waals surface area contributed by atoms with Gasteiger partial charge in [0, 0.05) is 0 Å². The van der Waals surface area contributed by atoms with Gasteiger partial charge >= 0.3 is 0 Å². The number of carbonyl (C=O) groups is 1. The summed E-state index contributed by atoms with van der Waals surface area (Å²) in [6, 6.07) is 7.50. The highest BCUT2D eigenvalue weighted by atomic mass is 19.2. The van der Waals surface area contributed by atoms with E-state index in [9.17, 15) is 13.6 Å². The number of nitrogens with zero attached hydrogens (tertiary/aromatic N) is 1. The van der Waals surface area contributed by atoms with Crippen molar-refractivity contribution in [3.05, 3.63) is 59.4 Å². The van der Waals surface area contributed by atoms with Crippen molar-refractivity contribution >= 4 is 11.6 Å². The van der Waals surface area contributed by atoms with E-state index in [4.69, 9.17) is 9.84 Å². The molecule has 140 valence electrons. The third-order valence-electron chi connectivity index (χ3n) is 3.92. The summed E-state index contributed by atoms with van der Waals surface area (Å²) < 4.78 is 30.0. The molecule has 26 heavy (non-hydrogen) atoms. The van der Waals surface area contributed by atoms with E-state index in [-0.39, 0.29) is 24.7 Å². The first kappa shape index (κ1) is 19.9. The Kier molecular flexibility index (Phi) is 7.17. The lowest BCUT2D eigenvalue weighted by atomic mass is 10.2. The van der Waals surface area contributed by atoms with Crippen molar-refractivity contribution in [2.45, 2.75) is 45.5 Å². The van der Waals surface area contributed by atoms with E-state index in [2.05, 4.69) is 10.3 Å². The molecule has 1 aliphatic heterocycles. The van der Waals surface area contributed by atoms with Gasteiger partial charge in [-0.2, -0.15) is 0 Å². The number of carbonyl (C=O) groups excluding carboxylic acids is 1. The first-order chi connectivity index (χ1) is 12.4. The van der Waals surface area contributed by atoms with Gasteiger partial charge < -0.3 is 15.2 Å². The number of nitrogens with one attached hydrogen (secondary N) is 1. The first-order valence-electron chi connectivity index (χ1n) is 8.33. The summed E-state index contributed by atoms with van der Waals surface area (Å²) >= 11 is 0. The molecule has 1 aliphatic rings. The van der Waals surface area contributed by atoms with Crippen LogP contribution in [0.4, 0.5) is 14.5 Å². The highest BCUT2D eigenvalue weighted by molar-refractivity contribution is 5.94. The van der Waals surface area contributed by atoms with Crippen LogP contribution in [0.3, 0.4) is 0 Å². The Labute approximate surface area is 151 Å². The lowest BCUT2D eigenvalue weighted by Gasteiger charge is -2.11. The number of aliphatic hydroxyl groups is 1. The van der Waals surface area contributed by atoms with E-state index < -0.39 is 11.6 Å². The van der Waals surface area contributed by atoms with Gasteiger partial charge in [0.1, 0.15) is 6.10 Å². The number of pyridine rings is 1. The Morgan fingerprint density at radius 3 is 2.58 bits per heavy atom. The van der Waals surface area contributed by atoms with E-state index in [1.54, 1.807) is 12.1 Å². The van der Waals surface area contributed by atoms with Gasteiger partial charge in [-0.25, -0.2) is 8.78 Å². The summed E-state index contributed by atoms with van der Waals surface area (Å²) in [5.41, 5.74) is 1.54. The van der Waals surface area contributed by atoms with Gasteiger partial charge in [0.25, 0.3) is 5.91 Å². The summed E-state index contributed by atoms with van der Waals surface area (Å²) in [6.07, 6.45) is 3.00. The van der Waals surface area contributed by atoms with Crippen molar-refractivity contribution in [3.8, 4) is 0 Å². The largest absolute Gasteiger partial charge is 0.390 e. The lowest BCUT2D eigenvalue weighted by Crippen LogP contribution is -2.27. The van der Waals surface area contributed by atoms with Crippen LogP contribution in [-0.4, -0.2) is 28.2 Å². The van der Waals surface area contributed by atoms with Gasteiger partial charge in [-0.3, -0.25) is 9.78 Å². The standard InChI is InChI=1S/C12H16N2O3.C7H6F2/c1-8-2-5-11(17-8)12(16)14-9-3-4-10(7-15)13-6-9;1-5-3-2-4-6(8)7(5)9/h3-4,6,8,11,15H,2,5,7H2,1H3,(H,14,16);2-4H,1H3. The van der Waals surface area contributed by atoms with Crippen LogP contribution in [0.1, 0.15) is 31.0 Å². The maximum atomic E-state index is 12.4. The first-order valence-corrected chi connectivity index (χ1v) is 8.33. The number of aromatic nitrogens is 1. The topological polar surface area (TPSA) is 71.5 Å². The molecule has 1 aromatic carbocycles. The summed E-state index contributed by atoms with van der Waals surface area (Å²) in [5.74, 6) is -1.67. The van der Waals surface area contributed by atoms with Crippen LogP contribution < -0.4 is 5.32 Å². The Bertz CT molecular complexity index is 718. The van der Waals surface area contributed by atoms with Gasteiger partial charge in [0.05, 0.1) is 30.3 Å². The Hall–Kier alpha value is -2.38. The highest BCUT2D eigenvalue weighted by Crippen LogP contribution is 2.20. The molecule has 0 bridgehead atoms. The number of anilines is 1. The number of ether oxygens (including phenoxy) is 1. The SMILES string of the molecule is CC1CCC(C(=O)Nc2ccc(CO)nc2)O1.Cc1cccc(F)c1F. The maximum Gasteiger partial charge on any atom is 0.253 e. The molecule has 2 N–H and O–H groups in total. The monoisotopic (exact) mass is 364 g/mol. The van der Waals surface area contributed by atoms with Gasteiger partial charge in [-0.1, -0.05) is 12.1 Å². The molecule has 1 fully saturated rings. The molecule has 5 nitrogen and oxygen atoms in total. The number of halogens is 2. The van der Waals surface area contributed by atoms with Crippen LogP contribution in [-0.2, 0) is 16.1 Å². The van der Waals surface area contributed by atoms with Crippen LogP contribution >= 0.6 is 0 Å². The molecule has 2 aromatic rings. The molecular weight excluding hydrogens is 342 g/mol. The fourth-order valence-corrected chi connectivity index (χ4v) is 2.42. The molecule has 2 unspecified atom stereocenters. The summed E-state index contributed by atoms with van der Waals surface area (Å²) in [6.45, 7) is 3.39. The average molecular weight is 364 g/mol. The minimum absolute atomic E-state index is 0.0997. The smallest absolute Gasteiger partial charge is 0.253 e. The number of aliphatic hydroxyl groups excluding tert-OH is 1. The number of benzene rings is 1. The Balaban J connectivity index is 0.000000228. The number of hydrogen-bond acceptors (Lipinski definition) is 4. The molecule has 0 radical (unpaired) electrons. The fourth-order valence-electron chi connectivity index (χ4n) is 2.42. The van der Waals surface area contributed by atoms with E-state index in [1.807, 2.05) is 6.92 Å².